The molecule has 0 amide bonds. The number of nitrogens with zero attached hydrogens (tertiary/aromatic N) is 2. The van der Waals surface area contributed by atoms with E-state index in [1.165, 1.54) is 19.0 Å². The van der Waals surface area contributed by atoms with Crippen molar-refractivity contribution in [2.24, 2.45) is 11.8 Å². The van der Waals surface area contributed by atoms with Crippen molar-refractivity contribution < 1.29 is 9.90 Å². The molecule has 1 fully saturated rings. The van der Waals surface area contributed by atoms with Gasteiger partial charge in [-0.15, -0.1) is 0 Å². The van der Waals surface area contributed by atoms with E-state index in [0.29, 0.717) is 11.5 Å². The maximum atomic E-state index is 11.1. The monoisotopic (exact) mass is 236 g/mol. The minimum absolute atomic E-state index is 0.374. The summed E-state index contributed by atoms with van der Waals surface area (Å²) in [7, 11) is 0. The Morgan fingerprint density at radius 2 is 2.29 bits per heavy atom. The quantitative estimate of drug-likeness (QED) is 0.854. The van der Waals surface area contributed by atoms with E-state index in [4.69, 9.17) is 5.11 Å². The zero-order chi connectivity index (χ0) is 12.4. The third-order valence-corrected chi connectivity index (χ3v) is 3.57. The zero-order valence-corrected chi connectivity index (χ0v) is 10.5. The number of rotatable bonds is 5. The molecule has 1 aromatic rings. The molecule has 1 saturated carbocycles. The topological polar surface area (TPSA) is 55.1 Å². The van der Waals surface area contributed by atoms with Crippen molar-refractivity contribution in [2.75, 3.05) is 0 Å². The van der Waals surface area contributed by atoms with Gasteiger partial charge in [0.1, 0.15) is 5.56 Å². The van der Waals surface area contributed by atoms with Crippen molar-refractivity contribution in [3.05, 3.63) is 17.5 Å². The third kappa shape index (κ3) is 2.51. The molecule has 0 saturated heterocycles. The van der Waals surface area contributed by atoms with Gasteiger partial charge >= 0.3 is 5.97 Å². The molecule has 94 valence electrons. The minimum Gasteiger partial charge on any atom is -0.478 e. The lowest BCUT2D eigenvalue weighted by Gasteiger charge is -2.32. The lowest BCUT2D eigenvalue weighted by atomic mass is 9.76. The normalized spacial score (nSPS) is 23.4. The molecule has 0 aliphatic heterocycles. The Balaban J connectivity index is 2.12. The second kappa shape index (κ2) is 4.90. The fourth-order valence-corrected chi connectivity index (χ4v) is 2.71. The van der Waals surface area contributed by atoms with Crippen LogP contribution < -0.4 is 0 Å². The maximum absolute atomic E-state index is 11.1. The third-order valence-electron chi connectivity index (χ3n) is 3.57. The van der Waals surface area contributed by atoms with Crippen molar-refractivity contribution in [1.29, 1.82) is 0 Å². The van der Waals surface area contributed by atoms with E-state index in [2.05, 4.69) is 18.9 Å². The number of aromatic nitrogens is 2. The fraction of sp³-hybridized carbons (Fsp3) is 0.692. The molecule has 0 aromatic carbocycles. The Labute approximate surface area is 102 Å². The molecule has 1 aliphatic rings. The first-order valence-corrected chi connectivity index (χ1v) is 6.39. The number of carboxylic acids is 1. The first-order chi connectivity index (χ1) is 8.11. The van der Waals surface area contributed by atoms with Crippen LogP contribution in [0.1, 0.15) is 49.2 Å². The van der Waals surface area contributed by atoms with Gasteiger partial charge in [0, 0.05) is 6.54 Å². The highest BCUT2D eigenvalue weighted by Crippen LogP contribution is 2.34. The van der Waals surface area contributed by atoms with Crippen LogP contribution in [0.3, 0.4) is 0 Å². The highest BCUT2D eigenvalue weighted by atomic mass is 16.4. The van der Waals surface area contributed by atoms with Crippen molar-refractivity contribution in [2.45, 2.75) is 46.1 Å². The predicted molar refractivity (Wildman–Crippen MR) is 65.1 cm³/mol. The SMILES string of the molecule is CCCc1c(C(=O)O)cnn1CC1CC(C)C1. The summed E-state index contributed by atoms with van der Waals surface area (Å²) in [5, 5.41) is 13.3. The molecule has 1 heterocycles. The molecule has 0 atom stereocenters. The molecule has 0 bridgehead atoms. The van der Waals surface area contributed by atoms with Crippen LogP contribution in [0.25, 0.3) is 0 Å². The second-order valence-electron chi connectivity index (χ2n) is 5.18. The number of aromatic carboxylic acids is 1. The van der Waals surface area contributed by atoms with Crippen LogP contribution in [0, 0.1) is 11.8 Å². The molecule has 0 spiro atoms. The van der Waals surface area contributed by atoms with Gasteiger partial charge in [0.25, 0.3) is 0 Å². The van der Waals surface area contributed by atoms with Gasteiger partial charge in [-0.1, -0.05) is 20.3 Å². The number of carbonyl (C=O) groups is 1. The second-order valence-corrected chi connectivity index (χ2v) is 5.18. The van der Waals surface area contributed by atoms with Crippen molar-refractivity contribution in [3.63, 3.8) is 0 Å². The fourth-order valence-electron chi connectivity index (χ4n) is 2.71. The van der Waals surface area contributed by atoms with Crippen LogP contribution >= 0.6 is 0 Å². The van der Waals surface area contributed by atoms with E-state index in [9.17, 15) is 4.79 Å². The van der Waals surface area contributed by atoms with E-state index < -0.39 is 5.97 Å². The molecule has 2 rings (SSSR count). The van der Waals surface area contributed by atoms with Gasteiger partial charge in [-0.3, -0.25) is 4.68 Å². The lowest BCUT2D eigenvalue weighted by Crippen LogP contribution is -2.26. The Hall–Kier alpha value is -1.32. The van der Waals surface area contributed by atoms with Gasteiger partial charge in [-0.2, -0.15) is 5.10 Å². The van der Waals surface area contributed by atoms with Crippen LogP contribution in [0.5, 0.6) is 0 Å². The summed E-state index contributed by atoms with van der Waals surface area (Å²) in [4.78, 5) is 11.1. The van der Waals surface area contributed by atoms with Gasteiger partial charge in [-0.25, -0.2) is 4.79 Å². The molecule has 17 heavy (non-hydrogen) atoms. The highest BCUT2D eigenvalue weighted by Gasteiger charge is 2.27. The number of hydrogen-bond acceptors (Lipinski definition) is 2. The van der Waals surface area contributed by atoms with Gasteiger partial charge in [0.05, 0.1) is 11.9 Å². The Kier molecular flexibility index (Phi) is 3.50. The van der Waals surface area contributed by atoms with Crippen molar-refractivity contribution >= 4 is 5.97 Å². The van der Waals surface area contributed by atoms with E-state index in [-0.39, 0.29) is 0 Å². The zero-order valence-electron chi connectivity index (χ0n) is 10.5. The van der Waals surface area contributed by atoms with E-state index >= 15 is 0 Å². The van der Waals surface area contributed by atoms with Crippen LogP contribution in [0.4, 0.5) is 0 Å². The van der Waals surface area contributed by atoms with E-state index in [1.807, 2.05) is 4.68 Å². The van der Waals surface area contributed by atoms with Crippen molar-refractivity contribution in [3.8, 4) is 0 Å². The molecule has 0 radical (unpaired) electrons. The maximum Gasteiger partial charge on any atom is 0.339 e. The molecule has 0 unspecified atom stereocenters. The van der Waals surface area contributed by atoms with Crippen LogP contribution in [-0.4, -0.2) is 20.9 Å². The summed E-state index contributed by atoms with van der Waals surface area (Å²) in [6.07, 6.45) is 5.73. The Morgan fingerprint density at radius 3 is 2.82 bits per heavy atom. The summed E-state index contributed by atoms with van der Waals surface area (Å²) in [5.74, 6) is 0.646. The van der Waals surface area contributed by atoms with Gasteiger partial charge in [0.2, 0.25) is 0 Å². The Morgan fingerprint density at radius 1 is 1.59 bits per heavy atom. The van der Waals surface area contributed by atoms with E-state index in [0.717, 1.165) is 31.0 Å². The van der Waals surface area contributed by atoms with Crippen LogP contribution in [0.15, 0.2) is 6.20 Å². The molecule has 4 nitrogen and oxygen atoms in total. The first kappa shape index (κ1) is 12.1. The summed E-state index contributed by atoms with van der Waals surface area (Å²) >= 11 is 0. The summed E-state index contributed by atoms with van der Waals surface area (Å²) in [6.45, 7) is 5.20. The molecular weight excluding hydrogens is 216 g/mol. The largest absolute Gasteiger partial charge is 0.478 e. The van der Waals surface area contributed by atoms with Crippen molar-refractivity contribution in [1.82, 2.24) is 9.78 Å². The average molecular weight is 236 g/mol. The van der Waals surface area contributed by atoms with Gasteiger partial charge in [0.15, 0.2) is 0 Å². The number of hydrogen-bond donors (Lipinski definition) is 1. The minimum atomic E-state index is -0.860. The molecule has 1 N–H and O–H groups in total. The summed E-state index contributed by atoms with van der Waals surface area (Å²) in [5.41, 5.74) is 1.26. The smallest absolute Gasteiger partial charge is 0.339 e. The van der Waals surface area contributed by atoms with E-state index in [1.54, 1.807) is 0 Å². The average Bonchev–Trinajstić information content (AvgIpc) is 2.60. The van der Waals surface area contributed by atoms with Crippen LogP contribution in [0.2, 0.25) is 0 Å². The lowest BCUT2D eigenvalue weighted by molar-refractivity contribution is 0.0695. The molecule has 1 aliphatic carbocycles. The molecule has 1 aromatic heterocycles. The van der Waals surface area contributed by atoms with Gasteiger partial charge < -0.3 is 5.11 Å². The molecular formula is C13H20N2O2. The number of carboxylic acid groups (broad SMARTS) is 1. The summed E-state index contributed by atoms with van der Waals surface area (Å²) < 4.78 is 1.91. The first-order valence-electron chi connectivity index (χ1n) is 6.39. The molecule has 4 heteroatoms. The standard InChI is InChI=1S/C13H20N2O2/c1-3-4-12-11(13(16)17)7-14-15(12)8-10-5-9(2)6-10/h7,9-10H,3-6,8H2,1-2H3,(H,16,17). The van der Waals surface area contributed by atoms with Gasteiger partial charge in [-0.05, 0) is 31.1 Å². The summed E-state index contributed by atoms with van der Waals surface area (Å²) in [6, 6.07) is 0. The van der Waals surface area contributed by atoms with Crippen LogP contribution in [-0.2, 0) is 13.0 Å². The highest BCUT2D eigenvalue weighted by molar-refractivity contribution is 5.88. The predicted octanol–water partition coefficient (Wildman–Crippen LogP) is 2.58. The Bertz CT molecular complexity index is 406.